The molecule has 0 N–H and O–H groups in total. The third kappa shape index (κ3) is 2.56. The molecule has 1 heterocycles. The number of aromatic nitrogens is 1. The minimum atomic E-state index is 1.07. The first-order valence-corrected chi connectivity index (χ1v) is 8.05. The summed E-state index contributed by atoms with van der Waals surface area (Å²) in [4.78, 5) is 6.08. The second kappa shape index (κ2) is 5.51. The number of benzene rings is 2. The molecule has 0 aliphatic rings. The molecule has 0 amide bonds. The molecule has 0 saturated heterocycles. The fourth-order valence-corrected chi connectivity index (χ4v) is 3.60. The van der Waals surface area contributed by atoms with Crippen LogP contribution in [0.5, 0.6) is 0 Å². The Morgan fingerprint density at radius 1 is 1.00 bits per heavy atom. The lowest BCUT2D eigenvalue weighted by atomic mass is 10.1. The van der Waals surface area contributed by atoms with E-state index in [0.717, 1.165) is 20.7 Å². The molecule has 100 valence electrons. The summed E-state index contributed by atoms with van der Waals surface area (Å²) in [6, 6.07) is 16.7. The van der Waals surface area contributed by atoms with Gasteiger partial charge in [-0.2, -0.15) is 0 Å². The molecule has 2 aromatic carbocycles. The Kier molecular flexibility index (Phi) is 3.72. The number of thiazole rings is 1. The highest BCUT2D eigenvalue weighted by atomic mass is 79.9. The van der Waals surface area contributed by atoms with Crippen molar-refractivity contribution in [3.8, 4) is 21.8 Å². The predicted octanol–water partition coefficient (Wildman–Crippen LogP) is 5.86. The van der Waals surface area contributed by atoms with Gasteiger partial charge >= 0.3 is 0 Å². The second-order valence-corrected chi connectivity index (χ2v) is 6.83. The van der Waals surface area contributed by atoms with Crippen molar-refractivity contribution in [2.45, 2.75) is 13.8 Å². The summed E-state index contributed by atoms with van der Waals surface area (Å²) >= 11 is 5.36. The van der Waals surface area contributed by atoms with Gasteiger partial charge in [0.2, 0.25) is 0 Å². The minimum Gasteiger partial charge on any atom is -0.236 e. The average molecular weight is 344 g/mol. The van der Waals surface area contributed by atoms with Crippen LogP contribution in [0.25, 0.3) is 21.8 Å². The van der Waals surface area contributed by atoms with Gasteiger partial charge in [-0.3, -0.25) is 0 Å². The van der Waals surface area contributed by atoms with Crippen LogP contribution in [0.3, 0.4) is 0 Å². The first-order chi connectivity index (χ1) is 9.65. The van der Waals surface area contributed by atoms with E-state index < -0.39 is 0 Å². The van der Waals surface area contributed by atoms with Crippen LogP contribution in [0.2, 0.25) is 0 Å². The summed E-state index contributed by atoms with van der Waals surface area (Å²) in [6.07, 6.45) is 0. The van der Waals surface area contributed by atoms with E-state index in [-0.39, 0.29) is 0 Å². The first-order valence-electron chi connectivity index (χ1n) is 6.44. The van der Waals surface area contributed by atoms with Crippen LogP contribution >= 0.6 is 27.3 Å². The molecule has 0 atom stereocenters. The number of nitrogens with zero attached hydrogens (tertiary/aromatic N) is 1. The highest BCUT2D eigenvalue weighted by Crippen LogP contribution is 2.36. The van der Waals surface area contributed by atoms with Gasteiger partial charge < -0.3 is 0 Å². The fraction of sp³-hybridized carbons (Fsp3) is 0.118. The molecule has 0 bridgehead atoms. The van der Waals surface area contributed by atoms with Crippen molar-refractivity contribution in [2.24, 2.45) is 0 Å². The standard InChI is InChI=1S/C17H14BrNS/c1-11-6-5-7-13(10-11)17-19-16(12(2)20-17)14-8-3-4-9-15(14)18/h3-10H,1-2H3. The Hall–Kier alpha value is -1.45. The van der Waals surface area contributed by atoms with Crippen LogP contribution in [0.15, 0.2) is 53.0 Å². The average Bonchev–Trinajstić information content (AvgIpc) is 2.81. The minimum absolute atomic E-state index is 1.07. The number of halogens is 1. The van der Waals surface area contributed by atoms with E-state index in [1.54, 1.807) is 11.3 Å². The molecule has 3 aromatic rings. The van der Waals surface area contributed by atoms with Gasteiger partial charge in [0, 0.05) is 20.5 Å². The first kappa shape index (κ1) is 13.5. The molecule has 0 aliphatic carbocycles. The molecule has 3 rings (SSSR count). The van der Waals surface area contributed by atoms with Crippen LogP contribution in [-0.2, 0) is 0 Å². The molecular formula is C17H14BrNS. The lowest BCUT2D eigenvalue weighted by Crippen LogP contribution is -1.83. The fourth-order valence-electron chi connectivity index (χ4n) is 2.20. The lowest BCUT2D eigenvalue weighted by molar-refractivity contribution is 1.36. The summed E-state index contributed by atoms with van der Waals surface area (Å²) in [6.45, 7) is 4.24. The predicted molar refractivity (Wildman–Crippen MR) is 90.2 cm³/mol. The SMILES string of the molecule is Cc1cccc(-c2nc(-c3ccccc3Br)c(C)s2)c1. The van der Waals surface area contributed by atoms with Gasteiger partial charge in [-0.25, -0.2) is 4.98 Å². The van der Waals surface area contributed by atoms with Crippen molar-refractivity contribution >= 4 is 27.3 Å². The maximum Gasteiger partial charge on any atom is 0.124 e. The molecule has 0 fully saturated rings. The molecule has 0 spiro atoms. The Balaban J connectivity index is 2.10. The Bertz CT molecular complexity index is 761. The van der Waals surface area contributed by atoms with Crippen LogP contribution in [0, 0.1) is 13.8 Å². The largest absolute Gasteiger partial charge is 0.236 e. The summed E-state index contributed by atoms with van der Waals surface area (Å²) in [5.74, 6) is 0. The summed E-state index contributed by atoms with van der Waals surface area (Å²) in [7, 11) is 0. The highest BCUT2D eigenvalue weighted by Gasteiger charge is 2.13. The molecule has 20 heavy (non-hydrogen) atoms. The van der Waals surface area contributed by atoms with E-state index in [0.29, 0.717) is 0 Å². The number of hydrogen-bond donors (Lipinski definition) is 0. The van der Waals surface area contributed by atoms with Gasteiger partial charge in [0.1, 0.15) is 5.01 Å². The quantitative estimate of drug-likeness (QED) is 0.568. The van der Waals surface area contributed by atoms with Gasteiger partial charge in [-0.05, 0) is 26.0 Å². The van der Waals surface area contributed by atoms with E-state index in [1.165, 1.54) is 16.0 Å². The molecule has 1 nitrogen and oxygen atoms in total. The maximum atomic E-state index is 4.84. The molecular weight excluding hydrogens is 330 g/mol. The van der Waals surface area contributed by atoms with E-state index in [9.17, 15) is 0 Å². The zero-order chi connectivity index (χ0) is 14.1. The molecule has 0 saturated carbocycles. The number of hydrogen-bond acceptors (Lipinski definition) is 2. The van der Waals surface area contributed by atoms with Gasteiger partial charge in [0.05, 0.1) is 5.69 Å². The van der Waals surface area contributed by atoms with Crippen LogP contribution in [0.4, 0.5) is 0 Å². The van der Waals surface area contributed by atoms with Gasteiger partial charge in [0.15, 0.2) is 0 Å². The van der Waals surface area contributed by atoms with E-state index in [1.807, 2.05) is 12.1 Å². The molecule has 0 aliphatic heterocycles. The molecule has 0 unspecified atom stereocenters. The summed E-state index contributed by atoms with van der Waals surface area (Å²) in [5, 5.41) is 1.08. The van der Waals surface area contributed by atoms with Crippen LogP contribution in [-0.4, -0.2) is 4.98 Å². The maximum absolute atomic E-state index is 4.84. The summed E-state index contributed by atoms with van der Waals surface area (Å²) in [5.41, 5.74) is 4.67. The van der Waals surface area contributed by atoms with Gasteiger partial charge in [0.25, 0.3) is 0 Å². The van der Waals surface area contributed by atoms with Crippen molar-refractivity contribution < 1.29 is 0 Å². The van der Waals surface area contributed by atoms with E-state index >= 15 is 0 Å². The van der Waals surface area contributed by atoms with Crippen molar-refractivity contribution in [3.63, 3.8) is 0 Å². The monoisotopic (exact) mass is 343 g/mol. The molecule has 0 radical (unpaired) electrons. The Morgan fingerprint density at radius 2 is 1.80 bits per heavy atom. The number of rotatable bonds is 2. The van der Waals surface area contributed by atoms with Gasteiger partial charge in [-0.15, -0.1) is 11.3 Å². The normalized spacial score (nSPS) is 10.8. The summed E-state index contributed by atoms with van der Waals surface area (Å²) < 4.78 is 1.09. The van der Waals surface area contributed by atoms with Crippen molar-refractivity contribution in [3.05, 3.63) is 63.4 Å². The van der Waals surface area contributed by atoms with Crippen molar-refractivity contribution in [2.75, 3.05) is 0 Å². The Labute approximate surface area is 131 Å². The topological polar surface area (TPSA) is 12.9 Å². The number of aryl methyl sites for hydroxylation is 2. The van der Waals surface area contributed by atoms with Crippen LogP contribution < -0.4 is 0 Å². The van der Waals surface area contributed by atoms with Gasteiger partial charge in [-0.1, -0.05) is 57.9 Å². The second-order valence-electron chi connectivity index (χ2n) is 4.77. The van der Waals surface area contributed by atoms with Crippen molar-refractivity contribution in [1.82, 2.24) is 4.98 Å². The zero-order valence-corrected chi connectivity index (χ0v) is 13.8. The zero-order valence-electron chi connectivity index (χ0n) is 11.4. The molecule has 1 aromatic heterocycles. The lowest BCUT2D eigenvalue weighted by Gasteiger charge is -2.01. The third-order valence-corrected chi connectivity index (χ3v) is 4.90. The van der Waals surface area contributed by atoms with Crippen molar-refractivity contribution in [1.29, 1.82) is 0 Å². The van der Waals surface area contributed by atoms with E-state index in [2.05, 4.69) is 66.2 Å². The molecule has 3 heteroatoms. The van der Waals surface area contributed by atoms with E-state index in [4.69, 9.17) is 4.98 Å². The third-order valence-electron chi connectivity index (χ3n) is 3.19. The Morgan fingerprint density at radius 3 is 2.55 bits per heavy atom. The van der Waals surface area contributed by atoms with Crippen LogP contribution in [0.1, 0.15) is 10.4 Å². The smallest absolute Gasteiger partial charge is 0.124 e. The highest BCUT2D eigenvalue weighted by molar-refractivity contribution is 9.10.